The maximum absolute atomic E-state index is 11.8. The van der Waals surface area contributed by atoms with E-state index < -0.39 is 10.0 Å². The molecule has 0 atom stereocenters. The zero-order valence-electron chi connectivity index (χ0n) is 12.4. The lowest BCUT2D eigenvalue weighted by atomic mass is 10.2. The van der Waals surface area contributed by atoms with E-state index in [2.05, 4.69) is 4.72 Å². The van der Waals surface area contributed by atoms with Gasteiger partial charge in [-0.25, -0.2) is 13.1 Å². The van der Waals surface area contributed by atoms with E-state index in [1.807, 2.05) is 30.3 Å². The van der Waals surface area contributed by atoms with E-state index in [1.165, 1.54) is 0 Å². The average Bonchev–Trinajstić information content (AvgIpc) is 2.46. The first-order valence-electron chi connectivity index (χ1n) is 7.20. The Morgan fingerprint density at radius 2 is 1.86 bits per heavy atom. The SMILES string of the molecule is CCOC(=O)CCCCCS(=O)(=O)NCc1ccccc1. The molecule has 0 saturated heterocycles. The van der Waals surface area contributed by atoms with Crippen molar-refractivity contribution >= 4 is 16.0 Å². The Kier molecular flexibility index (Phi) is 8.00. The minimum absolute atomic E-state index is 0.0860. The topological polar surface area (TPSA) is 72.5 Å². The molecule has 0 radical (unpaired) electrons. The van der Waals surface area contributed by atoms with Crippen molar-refractivity contribution in [2.45, 2.75) is 39.2 Å². The Morgan fingerprint density at radius 1 is 1.14 bits per heavy atom. The average molecular weight is 313 g/mol. The lowest BCUT2D eigenvalue weighted by Gasteiger charge is -2.07. The molecule has 0 spiro atoms. The molecule has 1 aromatic carbocycles. The van der Waals surface area contributed by atoms with Gasteiger partial charge in [0.15, 0.2) is 0 Å². The molecule has 0 aliphatic rings. The number of nitrogens with one attached hydrogen (secondary N) is 1. The highest BCUT2D eigenvalue weighted by molar-refractivity contribution is 7.89. The molecule has 0 aliphatic carbocycles. The predicted molar refractivity (Wildman–Crippen MR) is 82.2 cm³/mol. The summed E-state index contributed by atoms with van der Waals surface area (Å²) in [6.45, 7) is 2.46. The van der Waals surface area contributed by atoms with Crippen molar-refractivity contribution in [1.82, 2.24) is 4.72 Å². The summed E-state index contributed by atoms with van der Waals surface area (Å²) in [5.41, 5.74) is 0.934. The first-order valence-corrected chi connectivity index (χ1v) is 8.85. The second-order valence-electron chi connectivity index (χ2n) is 4.74. The van der Waals surface area contributed by atoms with E-state index in [9.17, 15) is 13.2 Å². The summed E-state index contributed by atoms with van der Waals surface area (Å²) in [6.07, 6.45) is 2.26. The van der Waals surface area contributed by atoms with Gasteiger partial charge in [0.1, 0.15) is 0 Å². The molecule has 1 aromatic rings. The number of unbranched alkanes of at least 4 members (excludes halogenated alkanes) is 2. The largest absolute Gasteiger partial charge is 0.466 e. The van der Waals surface area contributed by atoms with E-state index in [1.54, 1.807) is 6.92 Å². The maximum atomic E-state index is 11.8. The van der Waals surface area contributed by atoms with Crippen LogP contribution in [0.2, 0.25) is 0 Å². The maximum Gasteiger partial charge on any atom is 0.305 e. The number of carbonyl (C=O) groups is 1. The molecule has 0 saturated carbocycles. The number of hydrogen-bond donors (Lipinski definition) is 1. The van der Waals surface area contributed by atoms with Gasteiger partial charge in [0.2, 0.25) is 10.0 Å². The fourth-order valence-corrected chi connectivity index (χ4v) is 2.95. The van der Waals surface area contributed by atoms with Crippen LogP contribution in [-0.4, -0.2) is 26.7 Å². The molecular formula is C15H23NO4S. The van der Waals surface area contributed by atoms with E-state index >= 15 is 0 Å². The fourth-order valence-electron chi connectivity index (χ4n) is 1.83. The molecule has 0 amide bonds. The van der Waals surface area contributed by atoms with Crippen LogP contribution in [0.4, 0.5) is 0 Å². The number of carbonyl (C=O) groups excluding carboxylic acids is 1. The third-order valence-electron chi connectivity index (χ3n) is 2.94. The summed E-state index contributed by atoms with van der Waals surface area (Å²) in [6, 6.07) is 9.39. The monoisotopic (exact) mass is 313 g/mol. The number of benzene rings is 1. The zero-order chi connectivity index (χ0) is 15.6. The number of hydrogen-bond acceptors (Lipinski definition) is 4. The summed E-state index contributed by atoms with van der Waals surface area (Å²) in [7, 11) is -3.26. The van der Waals surface area contributed by atoms with Gasteiger partial charge >= 0.3 is 5.97 Å². The summed E-state index contributed by atoms with van der Waals surface area (Å²) < 4.78 is 31.0. The van der Waals surface area contributed by atoms with E-state index in [4.69, 9.17) is 4.74 Å². The molecule has 6 heteroatoms. The van der Waals surface area contributed by atoms with Crippen LogP contribution in [0.3, 0.4) is 0 Å². The van der Waals surface area contributed by atoms with Gasteiger partial charge in [0.25, 0.3) is 0 Å². The molecule has 1 rings (SSSR count). The van der Waals surface area contributed by atoms with Gasteiger partial charge in [0.05, 0.1) is 12.4 Å². The van der Waals surface area contributed by atoms with Crippen molar-refractivity contribution in [3.63, 3.8) is 0 Å². The molecule has 21 heavy (non-hydrogen) atoms. The van der Waals surface area contributed by atoms with Crippen LogP contribution >= 0.6 is 0 Å². The minimum Gasteiger partial charge on any atom is -0.466 e. The highest BCUT2D eigenvalue weighted by Crippen LogP contribution is 2.04. The first kappa shape index (κ1) is 17.7. The van der Waals surface area contributed by atoms with Gasteiger partial charge in [-0.3, -0.25) is 4.79 Å². The smallest absolute Gasteiger partial charge is 0.305 e. The first-order chi connectivity index (χ1) is 10.0. The fraction of sp³-hybridized carbons (Fsp3) is 0.533. The molecule has 0 fully saturated rings. The normalized spacial score (nSPS) is 11.3. The van der Waals surface area contributed by atoms with Crippen molar-refractivity contribution in [2.24, 2.45) is 0 Å². The van der Waals surface area contributed by atoms with Crippen LogP contribution in [0.25, 0.3) is 0 Å². The molecule has 118 valence electrons. The molecule has 1 N–H and O–H groups in total. The lowest BCUT2D eigenvalue weighted by molar-refractivity contribution is -0.143. The minimum atomic E-state index is -3.26. The van der Waals surface area contributed by atoms with E-state index in [-0.39, 0.29) is 11.7 Å². The van der Waals surface area contributed by atoms with Gasteiger partial charge in [0, 0.05) is 13.0 Å². The highest BCUT2D eigenvalue weighted by atomic mass is 32.2. The predicted octanol–water partition coefficient (Wildman–Crippen LogP) is 2.23. The third-order valence-corrected chi connectivity index (χ3v) is 4.35. The van der Waals surface area contributed by atoms with Crippen molar-refractivity contribution in [2.75, 3.05) is 12.4 Å². The second kappa shape index (κ2) is 9.52. The standard InChI is InChI=1S/C15H23NO4S/c1-2-20-15(17)11-7-4-8-12-21(18,19)16-13-14-9-5-3-6-10-14/h3,5-6,9-10,16H,2,4,7-8,11-13H2,1H3. The zero-order valence-corrected chi connectivity index (χ0v) is 13.2. The van der Waals surface area contributed by atoms with Crippen LogP contribution in [-0.2, 0) is 26.1 Å². The molecule has 0 bridgehead atoms. The van der Waals surface area contributed by atoms with Crippen LogP contribution in [0.5, 0.6) is 0 Å². The highest BCUT2D eigenvalue weighted by Gasteiger charge is 2.09. The van der Waals surface area contributed by atoms with Crippen molar-refractivity contribution in [3.8, 4) is 0 Å². The Morgan fingerprint density at radius 3 is 2.52 bits per heavy atom. The lowest BCUT2D eigenvalue weighted by Crippen LogP contribution is -2.25. The van der Waals surface area contributed by atoms with Gasteiger partial charge in [-0.15, -0.1) is 0 Å². The van der Waals surface area contributed by atoms with Crippen LogP contribution < -0.4 is 4.72 Å². The quantitative estimate of drug-likeness (QED) is 0.531. The second-order valence-corrected chi connectivity index (χ2v) is 6.67. The Balaban J connectivity index is 2.17. The van der Waals surface area contributed by atoms with Crippen molar-refractivity contribution in [3.05, 3.63) is 35.9 Å². The van der Waals surface area contributed by atoms with Gasteiger partial charge < -0.3 is 4.74 Å². The Hall–Kier alpha value is -1.40. The Bertz CT molecular complexity index is 514. The number of esters is 1. The van der Waals surface area contributed by atoms with E-state index in [0.29, 0.717) is 38.8 Å². The summed E-state index contributed by atoms with van der Waals surface area (Å²) in [5, 5.41) is 0. The van der Waals surface area contributed by atoms with E-state index in [0.717, 1.165) is 5.56 Å². The van der Waals surface area contributed by atoms with Crippen LogP contribution in [0.1, 0.15) is 38.2 Å². The number of ether oxygens (including phenoxy) is 1. The molecule has 0 aromatic heterocycles. The van der Waals surface area contributed by atoms with Crippen LogP contribution in [0, 0.1) is 0 Å². The van der Waals surface area contributed by atoms with Gasteiger partial charge in [-0.05, 0) is 25.3 Å². The van der Waals surface area contributed by atoms with Gasteiger partial charge in [-0.1, -0.05) is 36.8 Å². The summed E-state index contributed by atoms with van der Waals surface area (Å²) >= 11 is 0. The van der Waals surface area contributed by atoms with Crippen molar-refractivity contribution < 1.29 is 17.9 Å². The summed E-state index contributed by atoms with van der Waals surface area (Å²) in [4.78, 5) is 11.1. The number of rotatable bonds is 10. The molecule has 5 nitrogen and oxygen atoms in total. The molecule has 0 heterocycles. The molecular weight excluding hydrogens is 290 g/mol. The van der Waals surface area contributed by atoms with Crippen LogP contribution in [0.15, 0.2) is 30.3 Å². The van der Waals surface area contributed by atoms with Gasteiger partial charge in [-0.2, -0.15) is 0 Å². The number of sulfonamides is 1. The van der Waals surface area contributed by atoms with Crippen molar-refractivity contribution in [1.29, 1.82) is 0 Å². The Labute approximate surface area is 126 Å². The molecule has 0 aliphatic heterocycles. The third kappa shape index (κ3) is 8.47. The molecule has 0 unspecified atom stereocenters. The summed E-state index contributed by atoms with van der Waals surface area (Å²) in [5.74, 6) is -0.134.